The molecule has 21 heavy (non-hydrogen) atoms. The van der Waals surface area contributed by atoms with E-state index in [1.54, 1.807) is 0 Å². The van der Waals surface area contributed by atoms with Gasteiger partial charge in [0, 0.05) is 45.2 Å². The number of amides is 3. The predicted molar refractivity (Wildman–Crippen MR) is 83.9 cm³/mol. The molecule has 0 aromatic rings. The fraction of sp³-hybridized carbons (Fsp3) is 0.867. The second kappa shape index (κ2) is 8.87. The molecule has 122 valence electrons. The molecule has 0 radical (unpaired) electrons. The van der Waals surface area contributed by atoms with Crippen LogP contribution in [0.4, 0.5) is 4.79 Å². The summed E-state index contributed by atoms with van der Waals surface area (Å²) in [7, 11) is 0. The van der Waals surface area contributed by atoms with Gasteiger partial charge in [0.2, 0.25) is 5.91 Å². The van der Waals surface area contributed by atoms with Crippen LogP contribution in [0.3, 0.4) is 0 Å². The molecule has 6 heteroatoms. The lowest BCUT2D eigenvalue weighted by Crippen LogP contribution is -2.54. The van der Waals surface area contributed by atoms with E-state index in [0.717, 1.165) is 25.9 Å². The van der Waals surface area contributed by atoms with Crippen LogP contribution >= 0.6 is 0 Å². The van der Waals surface area contributed by atoms with E-state index < -0.39 is 0 Å². The number of rotatable bonds is 6. The van der Waals surface area contributed by atoms with E-state index in [-0.39, 0.29) is 17.9 Å². The number of carbonyl (C=O) groups is 2. The Kier molecular flexibility index (Phi) is 7.50. The van der Waals surface area contributed by atoms with Crippen molar-refractivity contribution in [3.63, 3.8) is 0 Å². The smallest absolute Gasteiger partial charge is 0.320 e. The van der Waals surface area contributed by atoms with E-state index in [9.17, 15) is 9.59 Å². The summed E-state index contributed by atoms with van der Waals surface area (Å²) in [5.74, 6) is 0.219. The maximum absolute atomic E-state index is 12.3. The summed E-state index contributed by atoms with van der Waals surface area (Å²) in [6, 6.07) is 0.0864. The van der Waals surface area contributed by atoms with Gasteiger partial charge < -0.3 is 20.4 Å². The van der Waals surface area contributed by atoms with Gasteiger partial charge in [0.1, 0.15) is 0 Å². The highest BCUT2D eigenvalue weighted by Gasteiger charge is 2.27. The minimum absolute atomic E-state index is 0.0265. The van der Waals surface area contributed by atoms with Crippen molar-refractivity contribution in [3.8, 4) is 0 Å². The van der Waals surface area contributed by atoms with Crippen LogP contribution in [0.5, 0.6) is 0 Å². The first-order chi connectivity index (χ1) is 10.0. The molecule has 1 heterocycles. The lowest BCUT2D eigenvalue weighted by Gasteiger charge is -2.38. The van der Waals surface area contributed by atoms with E-state index >= 15 is 0 Å². The van der Waals surface area contributed by atoms with Crippen molar-refractivity contribution >= 4 is 11.9 Å². The van der Waals surface area contributed by atoms with Gasteiger partial charge in [-0.3, -0.25) is 4.79 Å². The molecule has 1 aliphatic heterocycles. The first-order valence-electron chi connectivity index (χ1n) is 8.07. The zero-order valence-electron chi connectivity index (χ0n) is 13.7. The van der Waals surface area contributed by atoms with Gasteiger partial charge in [-0.25, -0.2) is 4.79 Å². The number of nitrogens with zero attached hydrogens (tertiary/aromatic N) is 3. The van der Waals surface area contributed by atoms with Crippen molar-refractivity contribution in [2.24, 2.45) is 11.7 Å². The molecule has 0 aromatic heterocycles. The fourth-order valence-corrected chi connectivity index (χ4v) is 2.67. The van der Waals surface area contributed by atoms with Gasteiger partial charge in [-0.2, -0.15) is 0 Å². The maximum Gasteiger partial charge on any atom is 0.320 e. The topological polar surface area (TPSA) is 69.9 Å². The summed E-state index contributed by atoms with van der Waals surface area (Å²) in [4.78, 5) is 30.1. The van der Waals surface area contributed by atoms with Gasteiger partial charge in [-0.05, 0) is 33.2 Å². The molecule has 1 saturated heterocycles. The first-order valence-corrected chi connectivity index (χ1v) is 8.07. The summed E-state index contributed by atoms with van der Waals surface area (Å²) in [6.07, 6.45) is 1.72. The van der Waals surface area contributed by atoms with E-state index in [2.05, 4.69) is 0 Å². The van der Waals surface area contributed by atoms with Gasteiger partial charge >= 0.3 is 6.03 Å². The average Bonchev–Trinajstić information content (AvgIpc) is 2.53. The monoisotopic (exact) mass is 298 g/mol. The Morgan fingerprint density at radius 2 is 1.62 bits per heavy atom. The van der Waals surface area contributed by atoms with Gasteiger partial charge in [-0.1, -0.05) is 6.92 Å². The third kappa shape index (κ3) is 4.88. The highest BCUT2D eigenvalue weighted by molar-refractivity contribution is 5.79. The molecule has 6 nitrogen and oxygen atoms in total. The second-order valence-electron chi connectivity index (χ2n) is 5.60. The fourth-order valence-electron chi connectivity index (χ4n) is 2.67. The van der Waals surface area contributed by atoms with Crippen molar-refractivity contribution < 1.29 is 9.59 Å². The predicted octanol–water partition coefficient (Wildman–Crippen LogP) is 0.967. The van der Waals surface area contributed by atoms with Crippen molar-refractivity contribution in [1.82, 2.24) is 14.7 Å². The van der Waals surface area contributed by atoms with E-state index in [1.165, 1.54) is 0 Å². The Morgan fingerprint density at radius 3 is 2.10 bits per heavy atom. The molecule has 0 bridgehead atoms. The summed E-state index contributed by atoms with van der Waals surface area (Å²) in [6.45, 7) is 10.6. The minimum atomic E-state index is 0.0265. The maximum atomic E-state index is 12.3. The standard InChI is InChI=1S/C15H30N4O2/c1-4-17(5-2)15(21)19-11-9-18(10-12-19)14(20)13(3)7-6-8-16/h13H,4-12,16H2,1-3H3. The van der Waals surface area contributed by atoms with Crippen LogP contribution in [0.2, 0.25) is 0 Å². The molecule has 0 saturated carbocycles. The van der Waals surface area contributed by atoms with Crippen LogP contribution < -0.4 is 5.73 Å². The lowest BCUT2D eigenvalue weighted by atomic mass is 10.0. The van der Waals surface area contributed by atoms with Crippen LogP contribution in [0.25, 0.3) is 0 Å². The highest BCUT2D eigenvalue weighted by Crippen LogP contribution is 2.13. The van der Waals surface area contributed by atoms with Gasteiger partial charge in [-0.15, -0.1) is 0 Å². The Balaban J connectivity index is 2.44. The SMILES string of the molecule is CCN(CC)C(=O)N1CCN(C(=O)C(C)CCCN)CC1. The molecule has 0 aliphatic carbocycles. The first kappa shape index (κ1) is 17.8. The molecular weight excluding hydrogens is 268 g/mol. The zero-order chi connectivity index (χ0) is 15.8. The minimum Gasteiger partial charge on any atom is -0.339 e. The quantitative estimate of drug-likeness (QED) is 0.794. The molecule has 0 aromatic carbocycles. The molecule has 1 atom stereocenters. The molecule has 1 aliphatic rings. The second-order valence-corrected chi connectivity index (χ2v) is 5.60. The number of nitrogens with two attached hydrogens (primary N) is 1. The van der Waals surface area contributed by atoms with Crippen molar-refractivity contribution in [2.45, 2.75) is 33.6 Å². The Morgan fingerprint density at radius 1 is 1.10 bits per heavy atom. The summed E-state index contributed by atoms with van der Waals surface area (Å²) in [5, 5.41) is 0. The molecule has 1 fully saturated rings. The highest BCUT2D eigenvalue weighted by atomic mass is 16.2. The Labute approximate surface area is 128 Å². The van der Waals surface area contributed by atoms with Gasteiger partial charge in [0.05, 0.1) is 0 Å². The third-order valence-corrected chi connectivity index (χ3v) is 4.16. The van der Waals surface area contributed by atoms with Crippen molar-refractivity contribution in [3.05, 3.63) is 0 Å². The van der Waals surface area contributed by atoms with Gasteiger partial charge in [0.15, 0.2) is 0 Å². The van der Waals surface area contributed by atoms with Crippen LogP contribution in [0.15, 0.2) is 0 Å². The van der Waals surface area contributed by atoms with Crippen molar-refractivity contribution in [2.75, 3.05) is 45.8 Å². The Hall–Kier alpha value is -1.30. The summed E-state index contributed by atoms with van der Waals surface area (Å²) in [5.41, 5.74) is 5.49. The average molecular weight is 298 g/mol. The number of piperazine rings is 1. The van der Waals surface area contributed by atoms with Crippen molar-refractivity contribution in [1.29, 1.82) is 0 Å². The largest absolute Gasteiger partial charge is 0.339 e. The van der Waals surface area contributed by atoms with Crippen LogP contribution in [-0.2, 0) is 4.79 Å². The molecule has 1 unspecified atom stereocenters. The van der Waals surface area contributed by atoms with Crippen LogP contribution in [0.1, 0.15) is 33.6 Å². The lowest BCUT2D eigenvalue weighted by molar-refractivity contribution is -0.136. The molecule has 3 amide bonds. The normalized spacial score (nSPS) is 16.8. The van der Waals surface area contributed by atoms with E-state index in [4.69, 9.17) is 5.73 Å². The number of urea groups is 1. The molecule has 0 spiro atoms. The number of hydrogen-bond acceptors (Lipinski definition) is 3. The van der Waals surface area contributed by atoms with Gasteiger partial charge in [0.25, 0.3) is 0 Å². The molecule has 2 N–H and O–H groups in total. The summed E-state index contributed by atoms with van der Waals surface area (Å²) >= 11 is 0. The molecule has 1 rings (SSSR count). The Bertz CT molecular complexity index is 337. The van der Waals surface area contributed by atoms with Crippen LogP contribution in [-0.4, -0.2) is 72.5 Å². The van der Waals surface area contributed by atoms with E-state index in [0.29, 0.717) is 32.7 Å². The zero-order valence-corrected chi connectivity index (χ0v) is 13.7. The molecular formula is C15H30N4O2. The van der Waals surface area contributed by atoms with Crippen LogP contribution in [0, 0.1) is 5.92 Å². The number of carbonyl (C=O) groups excluding carboxylic acids is 2. The van der Waals surface area contributed by atoms with E-state index in [1.807, 2.05) is 35.5 Å². The summed E-state index contributed by atoms with van der Waals surface area (Å²) < 4.78 is 0. The third-order valence-electron chi connectivity index (χ3n) is 4.16. The number of hydrogen-bond donors (Lipinski definition) is 1.